The average Bonchev–Trinajstić information content (AvgIpc) is 3.50. The zero-order valence-electron chi connectivity index (χ0n) is 25.4. The van der Waals surface area contributed by atoms with Gasteiger partial charge in [0, 0.05) is 36.7 Å². The Balaban J connectivity index is 1.36. The Hall–Kier alpha value is -4.59. The lowest BCUT2D eigenvalue weighted by Crippen LogP contribution is -2.44. The van der Waals surface area contributed by atoms with Crippen LogP contribution in [0.5, 0.6) is 11.5 Å². The number of amides is 1. The highest BCUT2D eigenvalue weighted by Crippen LogP contribution is 2.33. The lowest BCUT2D eigenvalue weighted by molar-refractivity contribution is -0.141. The number of rotatable bonds is 16. The molecule has 1 amide bonds. The first-order chi connectivity index (χ1) is 21.1. The quantitative estimate of drug-likeness (QED) is 0.175. The molecule has 0 unspecified atom stereocenters. The van der Waals surface area contributed by atoms with Gasteiger partial charge in [-0.1, -0.05) is 80.6 Å². The van der Waals surface area contributed by atoms with Gasteiger partial charge in [0.2, 0.25) is 18.5 Å². The number of ketones is 4. The lowest BCUT2D eigenvalue weighted by atomic mass is 9.83. The number of aryl methyl sites for hydroxylation is 1. The lowest BCUT2D eigenvalue weighted by Gasteiger charge is -2.23. The molecule has 0 spiro atoms. The van der Waals surface area contributed by atoms with Crippen molar-refractivity contribution in [2.45, 2.75) is 58.9 Å². The number of fused-ring (bicyclic) bond motifs is 1. The van der Waals surface area contributed by atoms with Gasteiger partial charge in [-0.15, -0.1) is 0 Å². The molecule has 1 aliphatic heterocycles. The summed E-state index contributed by atoms with van der Waals surface area (Å²) in [5, 5.41) is 2.78. The first kappa shape index (κ1) is 32.3. The van der Waals surface area contributed by atoms with Crippen LogP contribution >= 0.6 is 0 Å². The second-order valence-electron chi connectivity index (χ2n) is 11.6. The Morgan fingerprint density at radius 2 is 1.43 bits per heavy atom. The summed E-state index contributed by atoms with van der Waals surface area (Å²) >= 11 is 0. The Bertz CT molecular complexity index is 1480. The van der Waals surface area contributed by atoms with E-state index < -0.39 is 35.4 Å². The molecule has 0 radical (unpaired) electrons. The summed E-state index contributed by atoms with van der Waals surface area (Å²) in [6.45, 7) is 5.32. The van der Waals surface area contributed by atoms with E-state index in [1.807, 2.05) is 42.5 Å². The van der Waals surface area contributed by atoms with Crippen molar-refractivity contribution in [3.05, 3.63) is 95.6 Å². The molecule has 230 valence electrons. The second kappa shape index (κ2) is 15.2. The highest BCUT2D eigenvalue weighted by atomic mass is 16.7. The molecule has 3 aromatic carbocycles. The molecule has 0 saturated carbocycles. The van der Waals surface area contributed by atoms with Crippen LogP contribution in [0.1, 0.15) is 61.5 Å². The summed E-state index contributed by atoms with van der Waals surface area (Å²) in [5.74, 6) is -2.53. The monoisotopic (exact) mass is 597 g/mol. The summed E-state index contributed by atoms with van der Waals surface area (Å²) in [5.41, 5.74) is 2.26. The van der Waals surface area contributed by atoms with E-state index in [1.54, 1.807) is 57.2 Å². The van der Waals surface area contributed by atoms with Crippen LogP contribution in [0.15, 0.2) is 78.9 Å². The van der Waals surface area contributed by atoms with E-state index in [9.17, 15) is 24.0 Å². The van der Waals surface area contributed by atoms with Gasteiger partial charge in [-0.3, -0.25) is 24.0 Å². The zero-order valence-corrected chi connectivity index (χ0v) is 25.4. The highest BCUT2D eigenvalue weighted by molar-refractivity contribution is 6.38. The molecular weight excluding hydrogens is 558 g/mol. The van der Waals surface area contributed by atoms with Gasteiger partial charge in [0.1, 0.15) is 0 Å². The van der Waals surface area contributed by atoms with Gasteiger partial charge >= 0.3 is 0 Å². The molecule has 8 heteroatoms. The number of benzene rings is 3. The predicted octanol–water partition coefficient (Wildman–Crippen LogP) is 5.35. The van der Waals surface area contributed by atoms with Crippen molar-refractivity contribution in [1.82, 2.24) is 5.32 Å². The van der Waals surface area contributed by atoms with E-state index in [2.05, 4.69) is 5.32 Å². The number of carbonyl (C=O) groups excluding carboxylic acids is 5. The van der Waals surface area contributed by atoms with Crippen LogP contribution in [0.3, 0.4) is 0 Å². The first-order valence-corrected chi connectivity index (χ1v) is 15.0. The minimum atomic E-state index is -0.898. The molecule has 1 heterocycles. The fourth-order valence-corrected chi connectivity index (χ4v) is 5.24. The zero-order chi connectivity index (χ0) is 31.6. The van der Waals surface area contributed by atoms with Gasteiger partial charge < -0.3 is 14.8 Å². The van der Waals surface area contributed by atoms with Crippen molar-refractivity contribution in [3.63, 3.8) is 0 Å². The van der Waals surface area contributed by atoms with Gasteiger partial charge in [-0.2, -0.15) is 0 Å². The Kier molecular flexibility index (Phi) is 11.2. The molecule has 0 aliphatic carbocycles. The summed E-state index contributed by atoms with van der Waals surface area (Å²) in [6, 6.07) is 22.7. The van der Waals surface area contributed by atoms with Crippen molar-refractivity contribution in [2.24, 2.45) is 17.8 Å². The summed E-state index contributed by atoms with van der Waals surface area (Å²) in [7, 11) is 0. The largest absolute Gasteiger partial charge is 0.454 e. The average molecular weight is 598 g/mol. The molecule has 0 aromatic heterocycles. The highest BCUT2D eigenvalue weighted by Gasteiger charge is 2.32. The van der Waals surface area contributed by atoms with Gasteiger partial charge in [0.05, 0.1) is 6.04 Å². The third kappa shape index (κ3) is 8.72. The fraction of sp³-hybridized carbons (Fsp3) is 0.361. The smallest absolute Gasteiger partial charge is 0.231 e. The molecule has 3 atom stereocenters. The van der Waals surface area contributed by atoms with Gasteiger partial charge in [0.15, 0.2) is 28.8 Å². The number of hydrogen-bond donors (Lipinski definition) is 1. The third-order valence-electron chi connectivity index (χ3n) is 7.98. The van der Waals surface area contributed by atoms with Crippen LogP contribution in [-0.4, -0.2) is 41.9 Å². The van der Waals surface area contributed by atoms with Crippen LogP contribution < -0.4 is 14.8 Å². The molecule has 1 N–H and O–H groups in total. The molecule has 1 aliphatic rings. The summed E-state index contributed by atoms with van der Waals surface area (Å²) in [6.07, 6.45) is 0.517. The Morgan fingerprint density at radius 3 is 2.11 bits per heavy atom. The van der Waals surface area contributed by atoms with Crippen LogP contribution in [0, 0.1) is 17.8 Å². The maximum Gasteiger partial charge on any atom is 0.231 e. The minimum Gasteiger partial charge on any atom is -0.454 e. The number of nitrogens with one attached hydrogen (secondary N) is 1. The SMILES string of the molecule is CC(C)[C@H](CC(=O)[C@H](C)NC(=O)[C@@H](CC(=O)c1ccccc1)Cc1ccccc1)C(=O)C(=O)CCc1ccc2c(c1)OCO2. The van der Waals surface area contributed by atoms with E-state index in [1.165, 1.54) is 0 Å². The number of ether oxygens (including phenoxy) is 2. The van der Waals surface area contributed by atoms with E-state index in [-0.39, 0.29) is 43.5 Å². The van der Waals surface area contributed by atoms with E-state index in [0.29, 0.717) is 29.9 Å². The predicted molar refractivity (Wildman–Crippen MR) is 165 cm³/mol. The topological polar surface area (TPSA) is 116 Å². The summed E-state index contributed by atoms with van der Waals surface area (Å²) in [4.78, 5) is 65.7. The van der Waals surface area contributed by atoms with Crippen molar-refractivity contribution in [2.75, 3.05) is 6.79 Å². The Morgan fingerprint density at radius 1 is 0.773 bits per heavy atom. The molecule has 0 fully saturated rings. The standard InChI is InChI=1S/C36H39NO7/c1-23(2)29(35(41)30(38)16-14-26-15-17-33-34(19-26)44-22-43-33)21-31(39)24(3)37-36(42)28(18-25-10-6-4-7-11-25)20-32(40)27-12-8-5-9-13-27/h4-13,15,17,19,23-24,28-29H,14,16,18,20-22H2,1-3H3,(H,37,42)/t24-,28+,29-/m0/s1. The van der Waals surface area contributed by atoms with Crippen LogP contribution in [0.25, 0.3) is 0 Å². The van der Waals surface area contributed by atoms with Gasteiger partial charge in [-0.25, -0.2) is 0 Å². The molecule has 8 nitrogen and oxygen atoms in total. The summed E-state index contributed by atoms with van der Waals surface area (Å²) < 4.78 is 10.7. The third-order valence-corrected chi connectivity index (χ3v) is 7.98. The first-order valence-electron chi connectivity index (χ1n) is 15.0. The second-order valence-corrected chi connectivity index (χ2v) is 11.6. The van der Waals surface area contributed by atoms with Crippen molar-refractivity contribution >= 4 is 29.0 Å². The molecule has 3 aromatic rings. The van der Waals surface area contributed by atoms with E-state index in [4.69, 9.17) is 9.47 Å². The van der Waals surface area contributed by atoms with E-state index >= 15 is 0 Å². The van der Waals surface area contributed by atoms with Crippen LogP contribution in [0.2, 0.25) is 0 Å². The minimum absolute atomic E-state index is 0.0127. The number of hydrogen-bond acceptors (Lipinski definition) is 7. The maximum absolute atomic E-state index is 13.4. The van der Waals surface area contributed by atoms with Crippen LogP contribution in [-0.2, 0) is 32.0 Å². The Labute approximate surface area is 258 Å². The molecular formula is C36H39NO7. The molecule has 0 bridgehead atoms. The van der Waals surface area contributed by atoms with Crippen molar-refractivity contribution in [3.8, 4) is 11.5 Å². The van der Waals surface area contributed by atoms with E-state index in [0.717, 1.165) is 11.1 Å². The molecule has 4 rings (SSSR count). The van der Waals surface area contributed by atoms with Crippen molar-refractivity contribution in [1.29, 1.82) is 0 Å². The molecule has 44 heavy (non-hydrogen) atoms. The van der Waals surface area contributed by atoms with Gasteiger partial charge in [0.25, 0.3) is 0 Å². The fourth-order valence-electron chi connectivity index (χ4n) is 5.24. The van der Waals surface area contributed by atoms with Gasteiger partial charge in [-0.05, 0) is 48.9 Å². The molecule has 0 saturated heterocycles. The number of carbonyl (C=O) groups is 5. The van der Waals surface area contributed by atoms with Crippen LogP contribution in [0.4, 0.5) is 0 Å². The maximum atomic E-state index is 13.4. The van der Waals surface area contributed by atoms with Crippen molar-refractivity contribution < 1.29 is 33.4 Å². The normalized spacial score (nSPS) is 14.0. The number of Topliss-reactive ketones (excluding diaryl/α,β-unsaturated/α-hetero) is 4.